The van der Waals surface area contributed by atoms with Gasteiger partial charge in [-0.3, -0.25) is 14.7 Å². The van der Waals surface area contributed by atoms with Crippen LogP contribution < -0.4 is 0 Å². The van der Waals surface area contributed by atoms with E-state index in [2.05, 4.69) is 58.6 Å². The molecule has 0 unspecified atom stereocenters. The number of piperazine rings is 1. The summed E-state index contributed by atoms with van der Waals surface area (Å²) in [7, 11) is 0. The highest BCUT2D eigenvalue weighted by molar-refractivity contribution is 5.98. The van der Waals surface area contributed by atoms with Crippen molar-refractivity contribution in [1.29, 1.82) is 0 Å². The molecule has 1 aliphatic rings. The van der Waals surface area contributed by atoms with Gasteiger partial charge in [-0.05, 0) is 57.2 Å². The SMILES string of the molecule is Cc1ccc(-n2c(C)ccc2C)c(C(=O)N2CCN(Cc3ccccn3)CC2)c1. The number of amides is 1. The minimum Gasteiger partial charge on any atom is -0.336 e. The van der Waals surface area contributed by atoms with Gasteiger partial charge in [0, 0.05) is 50.3 Å². The van der Waals surface area contributed by atoms with Crippen LogP contribution in [-0.2, 0) is 6.54 Å². The first-order chi connectivity index (χ1) is 14.0. The van der Waals surface area contributed by atoms with Crippen LogP contribution in [0.5, 0.6) is 0 Å². The third-order valence-corrected chi connectivity index (χ3v) is 5.67. The molecule has 0 bridgehead atoms. The molecule has 0 N–H and O–H groups in total. The van der Waals surface area contributed by atoms with Crippen LogP contribution in [0.2, 0.25) is 0 Å². The van der Waals surface area contributed by atoms with Crippen LogP contribution in [0.15, 0.2) is 54.7 Å². The molecule has 1 amide bonds. The van der Waals surface area contributed by atoms with Crippen molar-refractivity contribution in [3.63, 3.8) is 0 Å². The molecule has 2 aromatic heterocycles. The molecule has 150 valence electrons. The zero-order chi connectivity index (χ0) is 20.4. The smallest absolute Gasteiger partial charge is 0.256 e. The highest BCUT2D eigenvalue weighted by Gasteiger charge is 2.25. The van der Waals surface area contributed by atoms with Gasteiger partial charge < -0.3 is 9.47 Å². The summed E-state index contributed by atoms with van der Waals surface area (Å²) < 4.78 is 2.17. The molecule has 0 spiro atoms. The van der Waals surface area contributed by atoms with Gasteiger partial charge in [0.1, 0.15) is 0 Å². The molecular formula is C24H28N4O. The molecule has 1 fully saturated rings. The summed E-state index contributed by atoms with van der Waals surface area (Å²) in [6.45, 7) is 10.2. The van der Waals surface area contributed by atoms with Crippen molar-refractivity contribution in [2.75, 3.05) is 26.2 Å². The Hall–Kier alpha value is -2.92. The third-order valence-electron chi connectivity index (χ3n) is 5.67. The molecule has 0 radical (unpaired) electrons. The van der Waals surface area contributed by atoms with Crippen LogP contribution in [-0.4, -0.2) is 51.4 Å². The number of hydrogen-bond acceptors (Lipinski definition) is 3. The number of aryl methyl sites for hydroxylation is 3. The number of carbonyl (C=O) groups excluding carboxylic acids is 1. The van der Waals surface area contributed by atoms with Crippen LogP contribution in [0.1, 0.15) is 33.0 Å². The zero-order valence-corrected chi connectivity index (χ0v) is 17.4. The topological polar surface area (TPSA) is 41.4 Å². The maximum atomic E-state index is 13.4. The minimum atomic E-state index is 0.119. The zero-order valence-electron chi connectivity index (χ0n) is 17.4. The predicted octanol–water partition coefficient (Wildman–Crippen LogP) is 3.76. The molecule has 1 aromatic carbocycles. The van der Waals surface area contributed by atoms with E-state index in [1.54, 1.807) is 0 Å². The Morgan fingerprint density at radius 2 is 1.66 bits per heavy atom. The molecule has 1 saturated heterocycles. The standard InChI is InChI=1S/C24H28N4O/c1-18-7-10-23(28-19(2)8-9-20(28)3)22(16-18)24(29)27-14-12-26(13-15-27)17-21-6-4-5-11-25-21/h4-11,16H,12-15,17H2,1-3H3. The predicted molar refractivity (Wildman–Crippen MR) is 115 cm³/mol. The van der Waals surface area contributed by atoms with Gasteiger partial charge in [0.15, 0.2) is 0 Å². The fourth-order valence-corrected chi connectivity index (χ4v) is 4.06. The summed E-state index contributed by atoms with van der Waals surface area (Å²) in [5.41, 5.74) is 6.21. The van der Waals surface area contributed by atoms with Gasteiger partial charge in [0.05, 0.1) is 16.9 Å². The average Bonchev–Trinajstić information content (AvgIpc) is 3.07. The Morgan fingerprint density at radius 3 is 2.31 bits per heavy atom. The second-order valence-corrected chi connectivity index (χ2v) is 7.86. The second-order valence-electron chi connectivity index (χ2n) is 7.86. The molecule has 3 aromatic rings. The minimum absolute atomic E-state index is 0.119. The van der Waals surface area contributed by atoms with Crippen molar-refractivity contribution >= 4 is 5.91 Å². The monoisotopic (exact) mass is 388 g/mol. The Balaban J connectivity index is 1.51. The van der Waals surface area contributed by atoms with Crippen LogP contribution in [0, 0.1) is 20.8 Å². The summed E-state index contributed by atoms with van der Waals surface area (Å²) in [6.07, 6.45) is 1.83. The Kier molecular flexibility index (Phi) is 5.49. The number of rotatable bonds is 4. The number of carbonyl (C=O) groups is 1. The van der Waals surface area contributed by atoms with Crippen LogP contribution in [0.4, 0.5) is 0 Å². The van der Waals surface area contributed by atoms with E-state index >= 15 is 0 Å². The van der Waals surface area contributed by atoms with Gasteiger partial charge in [-0.15, -0.1) is 0 Å². The largest absolute Gasteiger partial charge is 0.336 e. The van der Waals surface area contributed by atoms with E-state index in [4.69, 9.17) is 0 Å². The third kappa shape index (κ3) is 4.10. The van der Waals surface area contributed by atoms with E-state index < -0.39 is 0 Å². The molecule has 0 aliphatic carbocycles. The lowest BCUT2D eigenvalue weighted by Crippen LogP contribution is -2.48. The molecular weight excluding hydrogens is 360 g/mol. The molecule has 3 heterocycles. The van der Waals surface area contributed by atoms with E-state index in [1.807, 2.05) is 36.2 Å². The van der Waals surface area contributed by atoms with E-state index in [0.29, 0.717) is 0 Å². The van der Waals surface area contributed by atoms with Crippen LogP contribution in [0.25, 0.3) is 5.69 Å². The number of hydrogen-bond donors (Lipinski definition) is 0. The fourth-order valence-electron chi connectivity index (χ4n) is 4.06. The number of aromatic nitrogens is 2. The first-order valence-electron chi connectivity index (χ1n) is 10.2. The van der Waals surface area contributed by atoms with E-state index in [1.165, 1.54) is 0 Å². The van der Waals surface area contributed by atoms with Gasteiger partial charge >= 0.3 is 0 Å². The Labute approximate surface area is 172 Å². The Bertz CT molecular complexity index is 981. The molecule has 0 atom stereocenters. The van der Waals surface area contributed by atoms with Gasteiger partial charge in [-0.2, -0.15) is 0 Å². The van der Waals surface area contributed by atoms with Gasteiger partial charge in [0.25, 0.3) is 5.91 Å². The lowest BCUT2D eigenvalue weighted by molar-refractivity contribution is 0.0627. The first-order valence-corrected chi connectivity index (χ1v) is 10.2. The average molecular weight is 389 g/mol. The van der Waals surface area contributed by atoms with E-state index in [9.17, 15) is 4.79 Å². The maximum absolute atomic E-state index is 13.4. The molecule has 5 heteroatoms. The van der Waals surface area contributed by atoms with Gasteiger partial charge in [0.2, 0.25) is 0 Å². The molecule has 1 aliphatic heterocycles. The lowest BCUT2D eigenvalue weighted by atomic mass is 10.1. The summed E-state index contributed by atoms with van der Waals surface area (Å²) in [6, 6.07) is 16.4. The van der Waals surface area contributed by atoms with E-state index in [0.717, 1.165) is 66.6 Å². The van der Waals surface area contributed by atoms with Gasteiger partial charge in [-0.1, -0.05) is 17.7 Å². The number of nitrogens with zero attached hydrogens (tertiary/aromatic N) is 4. The highest BCUT2D eigenvalue weighted by Crippen LogP contribution is 2.23. The summed E-state index contributed by atoms with van der Waals surface area (Å²) in [4.78, 5) is 22.2. The normalized spacial score (nSPS) is 14.9. The molecule has 29 heavy (non-hydrogen) atoms. The highest BCUT2D eigenvalue weighted by atomic mass is 16.2. The summed E-state index contributed by atoms with van der Waals surface area (Å²) in [5, 5.41) is 0. The molecule has 0 saturated carbocycles. The van der Waals surface area contributed by atoms with Gasteiger partial charge in [-0.25, -0.2) is 0 Å². The van der Waals surface area contributed by atoms with Crippen molar-refractivity contribution in [3.05, 3.63) is 82.9 Å². The van der Waals surface area contributed by atoms with Crippen molar-refractivity contribution in [1.82, 2.24) is 19.4 Å². The van der Waals surface area contributed by atoms with E-state index in [-0.39, 0.29) is 5.91 Å². The summed E-state index contributed by atoms with van der Waals surface area (Å²) >= 11 is 0. The number of benzene rings is 1. The fraction of sp³-hybridized carbons (Fsp3) is 0.333. The van der Waals surface area contributed by atoms with Crippen molar-refractivity contribution in [3.8, 4) is 5.69 Å². The van der Waals surface area contributed by atoms with Crippen molar-refractivity contribution in [2.24, 2.45) is 0 Å². The molecule has 5 nitrogen and oxygen atoms in total. The van der Waals surface area contributed by atoms with Crippen molar-refractivity contribution < 1.29 is 4.79 Å². The maximum Gasteiger partial charge on any atom is 0.256 e. The van der Waals surface area contributed by atoms with Crippen LogP contribution >= 0.6 is 0 Å². The van der Waals surface area contributed by atoms with Crippen molar-refractivity contribution in [2.45, 2.75) is 27.3 Å². The quantitative estimate of drug-likeness (QED) is 0.683. The first kappa shape index (κ1) is 19.4. The Morgan fingerprint density at radius 1 is 0.931 bits per heavy atom. The summed E-state index contributed by atoms with van der Waals surface area (Å²) in [5.74, 6) is 0.119. The second kappa shape index (κ2) is 8.21. The lowest BCUT2D eigenvalue weighted by Gasteiger charge is -2.35. The number of pyridine rings is 1. The van der Waals surface area contributed by atoms with Crippen LogP contribution in [0.3, 0.4) is 0 Å². The molecule has 4 rings (SSSR count).